The van der Waals surface area contributed by atoms with Crippen LogP contribution >= 0.6 is 11.3 Å². The fourth-order valence-electron chi connectivity index (χ4n) is 2.36. The van der Waals surface area contributed by atoms with Gasteiger partial charge in [0, 0.05) is 18.1 Å². The molecule has 0 unspecified atom stereocenters. The molecular weight excluding hydrogens is 322 g/mol. The van der Waals surface area contributed by atoms with Gasteiger partial charge in [0.05, 0.1) is 28.6 Å². The minimum atomic E-state index is -3.62. The Hall–Kier alpha value is -1.77. The van der Waals surface area contributed by atoms with Gasteiger partial charge < -0.3 is 4.90 Å². The number of anilines is 1. The maximum atomic E-state index is 12.3. The molecule has 1 aliphatic heterocycles. The van der Waals surface area contributed by atoms with Crippen molar-refractivity contribution >= 4 is 33.0 Å². The lowest BCUT2D eigenvalue weighted by Gasteiger charge is -2.11. The van der Waals surface area contributed by atoms with E-state index in [0.29, 0.717) is 5.69 Å². The summed E-state index contributed by atoms with van der Waals surface area (Å²) in [6.45, 7) is 2.03. The van der Waals surface area contributed by atoms with Gasteiger partial charge in [-0.3, -0.25) is 4.79 Å². The van der Waals surface area contributed by atoms with Gasteiger partial charge in [-0.25, -0.2) is 18.1 Å². The number of thiazole rings is 1. The number of likely N-dealkylation sites (N-methyl/N-ethyl adjacent to an activating group) is 1. The molecule has 0 spiro atoms. The molecule has 0 radical (unpaired) electrons. The lowest BCUT2D eigenvalue weighted by Crippen LogP contribution is -2.23. The fourth-order valence-corrected chi connectivity index (χ4v) is 4.02. The Kier molecular flexibility index (Phi) is 3.75. The molecule has 1 aromatic carbocycles. The number of benzene rings is 1. The summed E-state index contributed by atoms with van der Waals surface area (Å²) in [6, 6.07) is 4.75. The highest BCUT2D eigenvalue weighted by atomic mass is 32.2. The molecule has 1 amide bonds. The van der Waals surface area contributed by atoms with E-state index < -0.39 is 10.0 Å². The molecule has 0 saturated heterocycles. The molecular formula is C14H15N3O3S2. The van der Waals surface area contributed by atoms with E-state index in [9.17, 15) is 13.2 Å². The molecule has 8 heteroatoms. The maximum absolute atomic E-state index is 12.3. The van der Waals surface area contributed by atoms with Crippen molar-refractivity contribution in [3.05, 3.63) is 39.8 Å². The van der Waals surface area contributed by atoms with Gasteiger partial charge >= 0.3 is 0 Å². The topological polar surface area (TPSA) is 79.4 Å². The van der Waals surface area contributed by atoms with E-state index in [1.54, 1.807) is 19.2 Å². The number of fused-ring (bicyclic) bond motifs is 1. The summed E-state index contributed by atoms with van der Waals surface area (Å²) in [5.41, 5.74) is 2.20. The number of nitrogens with one attached hydrogen (secondary N) is 1. The van der Waals surface area contributed by atoms with E-state index in [1.807, 2.05) is 12.3 Å². The van der Waals surface area contributed by atoms with E-state index in [0.717, 1.165) is 16.3 Å². The van der Waals surface area contributed by atoms with Crippen molar-refractivity contribution in [2.75, 3.05) is 11.9 Å². The van der Waals surface area contributed by atoms with Crippen LogP contribution in [0.3, 0.4) is 0 Å². The molecule has 2 aromatic rings. The Morgan fingerprint density at radius 3 is 2.86 bits per heavy atom. The first-order valence-electron chi connectivity index (χ1n) is 6.67. The van der Waals surface area contributed by atoms with Crippen molar-refractivity contribution in [2.24, 2.45) is 0 Å². The number of aromatic nitrogens is 1. The third kappa shape index (κ3) is 2.77. The van der Waals surface area contributed by atoms with Gasteiger partial charge in [-0.1, -0.05) is 0 Å². The Balaban J connectivity index is 1.81. The molecule has 116 valence electrons. The quantitative estimate of drug-likeness (QED) is 0.916. The Morgan fingerprint density at radius 1 is 1.41 bits per heavy atom. The molecule has 0 bridgehead atoms. The fraction of sp³-hybridized carbons (Fsp3) is 0.286. The number of carbonyl (C=O) groups is 1. The van der Waals surface area contributed by atoms with Crippen molar-refractivity contribution in [1.82, 2.24) is 9.71 Å². The molecule has 0 atom stereocenters. The van der Waals surface area contributed by atoms with Gasteiger partial charge in [0.25, 0.3) is 0 Å². The molecule has 1 aromatic heterocycles. The molecule has 1 aliphatic rings. The molecule has 6 nitrogen and oxygen atoms in total. The van der Waals surface area contributed by atoms with Gasteiger partial charge in [0.15, 0.2) is 0 Å². The van der Waals surface area contributed by atoms with Crippen LogP contribution in [-0.4, -0.2) is 26.4 Å². The zero-order valence-electron chi connectivity index (χ0n) is 12.2. The van der Waals surface area contributed by atoms with Gasteiger partial charge in [-0.15, -0.1) is 11.3 Å². The predicted molar refractivity (Wildman–Crippen MR) is 84.4 cm³/mol. The highest BCUT2D eigenvalue weighted by Gasteiger charge is 2.26. The zero-order valence-corrected chi connectivity index (χ0v) is 13.8. The molecule has 3 rings (SSSR count). The van der Waals surface area contributed by atoms with Crippen LogP contribution < -0.4 is 9.62 Å². The van der Waals surface area contributed by atoms with Crippen LogP contribution in [0.1, 0.15) is 16.3 Å². The predicted octanol–water partition coefficient (Wildman–Crippen LogP) is 1.45. The number of hydrogen-bond acceptors (Lipinski definition) is 5. The van der Waals surface area contributed by atoms with Gasteiger partial charge in [-0.2, -0.15) is 0 Å². The molecule has 22 heavy (non-hydrogen) atoms. The van der Waals surface area contributed by atoms with E-state index in [2.05, 4.69) is 9.71 Å². The Morgan fingerprint density at radius 2 is 2.18 bits per heavy atom. The molecule has 1 N–H and O–H groups in total. The second-order valence-corrected chi connectivity index (χ2v) is 7.93. The molecule has 0 fully saturated rings. The zero-order chi connectivity index (χ0) is 15.9. The third-order valence-electron chi connectivity index (χ3n) is 3.55. The Bertz CT molecular complexity index is 843. The minimum absolute atomic E-state index is 0.0320. The third-order valence-corrected chi connectivity index (χ3v) is 5.77. The average Bonchev–Trinajstić information content (AvgIpc) is 3.01. The van der Waals surface area contributed by atoms with Gasteiger partial charge in [-0.05, 0) is 30.7 Å². The number of nitrogens with zero attached hydrogens (tertiary/aromatic N) is 2. The van der Waals surface area contributed by atoms with Crippen LogP contribution in [0.2, 0.25) is 0 Å². The normalized spacial score (nSPS) is 14.5. The highest BCUT2D eigenvalue weighted by molar-refractivity contribution is 7.89. The van der Waals surface area contributed by atoms with Gasteiger partial charge in [0.2, 0.25) is 15.9 Å². The van der Waals surface area contributed by atoms with Gasteiger partial charge in [0.1, 0.15) is 0 Å². The number of carbonyl (C=O) groups excluding carboxylic acids is 1. The van der Waals surface area contributed by atoms with E-state index >= 15 is 0 Å². The second kappa shape index (κ2) is 5.45. The van der Waals surface area contributed by atoms with Crippen LogP contribution in [0.4, 0.5) is 5.69 Å². The Labute approximate surface area is 132 Å². The average molecular weight is 337 g/mol. The highest BCUT2D eigenvalue weighted by Crippen LogP contribution is 2.29. The van der Waals surface area contributed by atoms with Crippen LogP contribution in [0.15, 0.2) is 28.5 Å². The lowest BCUT2D eigenvalue weighted by atomic mass is 10.2. The summed E-state index contributed by atoms with van der Waals surface area (Å²) in [6.07, 6.45) is 0.237. The number of amides is 1. The molecule has 2 heterocycles. The van der Waals surface area contributed by atoms with E-state index in [1.165, 1.54) is 22.3 Å². The van der Waals surface area contributed by atoms with Crippen LogP contribution in [0, 0.1) is 6.92 Å². The van der Waals surface area contributed by atoms with Crippen molar-refractivity contribution in [3.63, 3.8) is 0 Å². The summed E-state index contributed by atoms with van der Waals surface area (Å²) in [5, 5.41) is 2.72. The number of hydrogen-bond donors (Lipinski definition) is 1. The maximum Gasteiger partial charge on any atom is 0.240 e. The summed E-state index contributed by atoms with van der Waals surface area (Å²) in [4.78, 5) is 17.6. The van der Waals surface area contributed by atoms with Crippen LogP contribution in [-0.2, 0) is 27.8 Å². The number of sulfonamides is 1. The summed E-state index contributed by atoms with van der Waals surface area (Å²) >= 11 is 1.48. The largest absolute Gasteiger partial charge is 0.315 e. The van der Waals surface area contributed by atoms with E-state index in [-0.39, 0.29) is 23.8 Å². The van der Waals surface area contributed by atoms with Crippen LogP contribution in [0.5, 0.6) is 0 Å². The van der Waals surface area contributed by atoms with E-state index in [4.69, 9.17) is 0 Å². The minimum Gasteiger partial charge on any atom is -0.315 e. The summed E-state index contributed by atoms with van der Waals surface area (Å²) in [7, 11) is -1.94. The summed E-state index contributed by atoms with van der Waals surface area (Å²) in [5.74, 6) is -0.0320. The molecule has 0 aliphatic carbocycles. The lowest BCUT2D eigenvalue weighted by molar-refractivity contribution is -0.117. The van der Waals surface area contributed by atoms with Crippen molar-refractivity contribution in [2.45, 2.75) is 24.8 Å². The number of rotatable bonds is 4. The first-order chi connectivity index (χ1) is 10.4. The van der Waals surface area contributed by atoms with Crippen molar-refractivity contribution in [3.8, 4) is 0 Å². The summed E-state index contributed by atoms with van der Waals surface area (Å²) < 4.78 is 27.2. The van der Waals surface area contributed by atoms with Crippen molar-refractivity contribution in [1.29, 1.82) is 0 Å². The molecule has 0 saturated carbocycles. The van der Waals surface area contributed by atoms with Crippen molar-refractivity contribution < 1.29 is 13.2 Å². The number of aryl methyl sites for hydroxylation is 1. The first-order valence-corrected chi connectivity index (χ1v) is 9.03. The van der Waals surface area contributed by atoms with Crippen LogP contribution in [0.25, 0.3) is 0 Å². The second-order valence-electron chi connectivity index (χ2n) is 5.10. The first kappa shape index (κ1) is 15.1. The SMILES string of the molecule is Cc1nc(CNS(=O)(=O)c2ccc3c(c2)CC(=O)N3C)cs1. The standard InChI is InChI=1S/C14H15N3O3S2/c1-9-16-11(8-21-9)7-15-22(19,20)12-3-4-13-10(5-12)6-14(18)17(13)2/h3-5,8,15H,6-7H2,1-2H3. The smallest absolute Gasteiger partial charge is 0.240 e. The monoisotopic (exact) mass is 337 g/mol.